The minimum atomic E-state index is -0.670. The van der Waals surface area contributed by atoms with Crippen LogP contribution < -0.4 is 10.6 Å². The van der Waals surface area contributed by atoms with E-state index in [0.717, 1.165) is 6.07 Å². The van der Waals surface area contributed by atoms with Gasteiger partial charge < -0.3 is 15.6 Å². The van der Waals surface area contributed by atoms with Crippen molar-refractivity contribution in [2.75, 3.05) is 17.7 Å². The largest absolute Gasteiger partial charge is 0.357 e. The summed E-state index contributed by atoms with van der Waals surface area (Å²) in [7, 11) is 1.67. The van der Waals surface area contributed by atoms with Crippen molar-refractivity contribution >= 4 is 28.6 Å². The fraction of sp³-hybridized carbons (Fsp3) is 0.0833. The zero-order valence-electron chi connectivity index (χ0n) is 10.4. The van der Waals surface area contributed by atoms with E-state index >= 15 is 0 Å². The summed E-state index contributed by atoms with van der Waals surface area (Å²) in [5.41, 5.74) is 1.25. The number of nitrogens with one attached hydrogen (secondary N) is 3. The molecule has 102 valence electrons. The monoisotopic (exact) mass is 276 g/mol. The molecule has 3 aromatic rings. The number of anilines is 3. The van der Waals surface area contributed by atoms with Crippen molar-refractivity contribution in [1.29, 1.82) is 0 Å². The molecule has 20 heavy (non-hydrogen) atoms. The molecule has 0 fully saturated rings. The van der Waals surface area contributed by atoms with Gasteiger partial charge in [-0.2, -0.15) is 9.97 Å². The summed E-state index contributed by atoms with van der Waals surface area (Å²) in [5, 5.41) is 5.64. The molecule has 2 heterocycles. The van der Waals surface area contributed by atoms with E-state index in [1.54, 1.807) is 7.05 Å². The van der Waals surface area contributed by atoms with E-state index in [-0.39, 0.29) is 5.69 Å². The highest BCUT2D eigenvalue weighted by atomic mass is 19.1. The third-order valence-corrected chi connectivity index (χ3v) is 2.63. The molecule has 8 heteroatoms. The van der Waals surface area contributed by atoms with E-state index in [4.69, 9.17) is 0 Å². The second kappa shape index (κ2) is 4.72. The van der Waals surface area contributed by atoms with Crippen LogP contribution in [0.15, 0.2) is 24.5 Å². The van der Waals surface area contributed by atoms with Crippen LogP contribution in [0.1, 0.15) is 0 Å². The topological polar surface area (TPSA) is 78.5 Å². The first-order chi connectivity index (χ1) is 9.65. The lowest BCUT2D eigenvalue weighted by atomic mass is 10.3. The second-order valence-corrected chi connectivity index (χ2v) is 4.03. The van der Waals surface area contributed by atoms with E-state index in [0.29, 0.717) is 22.9 Å². The van der Waals surface area contributed by atoms with Crippen molar-refractivity contribution in [2.24, 2.45) is 0 Å². The van der Waals surface area contributed by atoms with Crippen molar-refractivity contribution in [3.05, 3.63) is 36.2 Å². The first-order valence-corrected chi connectivity index (χ1v) is 5.77. The molecule has 0 bridgehead atoms. The molecule has 0 atom stereocenters. The third-order valence-electron chi connectivity index (χ3n) is 2.63. The van der Waals surface area contributed by atoms with E-state index in [9.17, 15) is 8.78 Å². The molecule has 2 aromatic heterocycles. The molecular weight excluding hydrogens is 266 g/mol. The number of imidazole rings is 1. The first kappa shape index (κ1) is 12.3. The Balaban J connectivity index is 2.07. The van der Waals surface area contributed by atoms with Gasteiger partial charge in [-0.3, -0.25) is 0 Å². The summed E-state index contributed by atoms with van der Waals surface area (Å²) in [5.74, 6) is -0.613. The molecule has 0 aliphatic rings. The summed E-state index contributed by atoms with van der Waals surface area (Å²) < 4.78 is 26.4. The van der Waals surface area contributed by atoms with Gasteiger partial charge in [-0.1, -0.05) is 0 Å². The Morgan fingerprint density at radius 2 is 1.85 bits per heavy atom. The minimum absolute atomic E-state index is 0.249. The fourth-order valence-corrected chi connectivity index (χ4v) is 1.80. The third kappa shape index (κ3) is 2.22. The number of rotatable bonds is 3. The normalized spacial score (nSPS) is 10.8. The van der Waals surface area contributed by atoms with Crippen LogP contribution in [0.2, 0.25) is 0 Å². The molecule has 0 amide bonds. The van der Waals surface area contributed by atoms with E-state index < -0.39 is 11.6 Å². The van der Waals surface area contributed by atoms with Crippen LogP contribution in [0, 0.1) is 11.6 Å². The van der Waals surface area contributed by atoms with Crippen molar-refractivity contribution < 1.29 is 8.78 Å². The Hall–Kier alpha value is -2.77. The van der Waals surface area contributed by atoms with Gasteiger partial charge in [0.05, 0.1) is 6.33 Å². The van der Waals surface area contributed by atoms with Crippen LogP contribution in [0.25, 0.3) is 11.2 Å². The molecule has 0 radical (unpaired) electrons. The fourth-order valence-electron chi connectivity index (χ4n) is 1.80. The number of halogens is 2. The lowest BCUT2D eigenvalue weighted by Gasteiger charge is -2.08. The Morgan fingerprint density at radius 3 is 2.55 bits per heavy atom. The van der Waals surface area contributed by atoms with Crippen LogP contribution in [0.4, 0.5) is 26.2 Å². The van der Waals surface area contributed by atoms with Gasteiger partial charge in [-0.25, -0.2) is 13.8 Å². The minimum Gasteiger partial charge on any atom is -0.357 e. The number of nitrogens with zero attached hydrogens (tertiary/aromatic N) is 3. The molecular formula is C12H10F2N6. The second-order valence-electron chi connectivity index (χ2n) is 4.03. The highest BCUT2D eigenvalue weighted by Gasteiger charge is 2.10. The number of aromatic amines is 1. The van der Waals surface area contributed by atoms with Crippen LogP contribution in [-0.4, -0.2) is 27.0 Å². The molecule has 0 saturated heterocycles. The molecule has 3 N–H and O–H groups in total. The summed E-state index contributed by atoms with van der Waals surface area (Å²) in [4.78, 5) is 15.2. The van der Waals surface area contributed by atoms with Gasteiger partial charge in [-0.15, -0.1) is 0 Å². The maximum Gasteiger partial charge on any atom is 0.226 e. The van der Waals surface area contributed by atoms with Crippen molar-refractivity contribution in [2.45, 2.75) is 0 Å². The number of aromatic nitrogens is 4. The molecule has 0 unspecified atom stereocenters. The Kier molecular flexibility index (Phi) is 2.90. The lowest BCUT2D eigenvalue weighted by molar-refractivity contribution is 0.584. The van der Waals surface area contributed by atoms with Gasteiger partial charge in [0.1, 0.15) is 17.2 Å². The van der Waals surface area contributed by atoms with Gasteiger partial charge in [-0.05, 0) is 12.1 Å². The van der Waals surface area contributed by atoms with Crippen molar-refractivity contribution in [3.63, 3.8) is 0 Å². The Morgan fingerprint density at radius 1 is 1.10 bits per heavy atom. The Labute approximate surface area is 112 Å². The van der Waals surface area contributed by atoms with Crippen LogP contribution in [-0.2, 0) is 0 Å². The molecule has 0 aliphatic heterocycles. The maximum atomic E-state index is 13.2. The SMILES string of the molecule is CNc1nc(Nc2cc(F)cc(F)c2)c2[nH]cnc2n1. The zero-order valence-corrected chi connectivity index (χ0v) is 10.4. The highest BCUT2D eigenvalue weighted by Crippen LogP contribution is 2.23. The average Bonchev–Trinajstić information content (AvgIpc) is 2.85. The van der Waals surface area contributed by atoms with Crippen LogP contribution in [0.5, 0.6) is 0 Å². The summed E-state index contributed by atoms with van der Waals surface area (Å²) in [6.45, 7) is 0. The number of H-pyrrole nitrogens is 1. The van der Waals surface area contributed by atoms with Crippen LogP contribution in [0.3, 0.4) is 0 Å². The average molecular weight is 276 g/mol. The first-order valence-electron chi connectivity index (χ1n) is 5.77. The van der Waals surface area contributed by atoms with Gasteiger partial charge in [0.2, 0.25) is 5.95 Å². The number of hydrogen-bond donors (Lipinski definition) is 3. The molecule has 0 saturated carbocycles. The number of fused-ring (bicyclic) bond motifs is 1. The van der Waals surface area contributed by atoms with E-state index in [1.165, 1.54) is 18.5 Å². The molecule has 6 nitrogen and oxygen atoms in total. The van der Waals surface area contributed by atoms with E-state index in [2.05, 4.69) is 30.6 Å². The summed E-state index contributed by atoms with van der Waals surface area (Å²) in [6.07, 6.45) is 1.47. The lowest BCUT2D eigenvalue weighted by Crippen LogP contribution is -2.02. The smallest absolute Gasteiger partial charge is 0.226 e. The zero-order chi connectivity index (χ0) is 14.1. The molecule has 3 rings (SSSR count). The van der Waals surface area contributed by atoms with Gasteiger partial charge in [0.15, 0.2) is 11.5 Å². The van der Waals surface area contributed by atoms with Crippen molar-refractivity contribution in [3.8, 4) is 0 Å². The highest BCUT2D eigenvalue weighted by molar-refractivity contribution is 5.85. The number of hydrogen-bond acceptors (Lipinski definition) is 5. The standard InChI is InChI=1S/C12H10F2N6/c1-15-12-19-10-9(16-5-17-10)11(20-12)18-8-3-6(13)2-7(14)4-8/h2-5H,1H3,(H3,15,16,17,18,19,20). The number of benzene rings is 1. The summed E-state index contributed by atoms with van der Waals surface area (Å²) in [6, 6.07) is 3.15. The predicted molar refractivity (Wildman–Crippen MR) is 70.9 cm³/mol. The van der Waals surface area contributed by atoms with Crippen molar-refractivity contribution in [1.82, 2.24) is 19.9 Å². The Bertz CT molecular complexity index is 749. The predicted octanol–water partition coefficient (Wildman–Crippen LogP) is 2.42. The molecule has 0 aliphatic carbocycles. The molecule has 0 spiro atoms. The van der Waals surface area contributed by atoms with Gasteiger partial charge >= 0.3 is 0 Å². The molecule has 1 aromatic carbocycles. The summed E-state index contributed by atoms with van der Waals surface area (Å²) >= 11 is 0. The van der Waals surface area contributed by atoms with Crippen LogP contribution >= 0.6 is 0 Å². The maximum absolute atomic E-state index is 13.2. The van der Waals surface area contributed by atoms with Gasteiger partial charge in [0.25, 0.3) is 0 Å². The van der Waals surface area contributed by atoms with E-state index in [1.807, 2.05) is 0 Å². The quantitative estimate of drug-likeness (QED) is 0.684. The van der Waals surface area contributed by atoms with Gasteiger partial charge in [0, 0.05) is 18.8 Å².